The molecule has 1 aromatic carbocycles. The zero-order chi connectivity index (χ0) is 17.9. The summed E-state index contributed by atoms with van der Waals surface area (Å²) < 4.78 is 0.994. The van der Waals surface area contributed by atoms with Crippen LogP contribution in [0.4, 0.5) is 0 Å². The fraction of sp³-hybridized carbons (Fsp3) is 0.739. The summed E-state index contributed by atoms with van der Waals surface area (Å²) in [5, 5.41) is 0. The lowest BCUT2D eigenvalue weighted by atomic mass is 9.83. The van der Waals surface area contributed by atoms with Crippen LogP contribution in [0.25, 0.3) is 0 Å². The summed E-state index contributed by atoms with van der Waals surface area (Å²) in [5.74, 6) is 0. The van der Waals surface area contributed by atoms with E-state index < -0.39 is 0 Å². The van der Waals surface area contributed by atoms with E-state index in [1.165, 1.54) is 76.2 Å². The van der Waals surface area contributed by atoms with Crippen LogP contribution >= 0.6 is 0 Å². The summed E-state index contributed by atoms with van der Waals surface area (Å²) in [6, 6.07) is 11.1. The van der Waals surface area contributed by atoms with Crippen molar-refractivity contribution in [1.82, 2.24) is 0 Å². The molecule has 138 valence electrons. The first-order chi connectivity index (χ1) is 11.4. The second-order valence-electron chi connectivity index (χ2n) is 8.58. The third-order valence-electron chi connectivity index (χ3n) is 5.89. The fourth-order valence-electron chi connectivity index (χ4n) is 3.62. The van der Waals surface area contributed by atoms with Gasteiger partial charge in [-0.15, -0.1) is 0 Å². The first-order valence-corrected chi connectivity index (χ1v) is 10.3. The smallest absolute Gasteiger partial charge is 0.121 e. The molecule has 1 aromatic rings. The molecule has 1 rings (SSSR count). The molecule has 0 bridgehead atoms. The van der Waals surface area contributed by atoms with Crippen LogP contribution in [-0.2, 0) is 5.54 Å². The second-order valence-corrected chi connectivity index (χ2v) is 8.58. The maximum absolute atomic E-state index is 2.44. The van der Waals surface area contributed by atoms with E-state index in [9.17, 15) is 0 Å². The number of benzene rings is 1. The van der Waals surface area contributed by atoms with E-state index in [1.54, 1.807) is 0 Å². The molecule has 0 radical (unpaired) electrons. The Morgan fingerprint density at radius 3 is 1.62 bits per heavy atom. The van der Waals surface area contributed by atoms with Gasteiger partial charge in [0.15, 0.2) is 0 Å². The minimum Gasteiger partial charge on any atom is -0.323 e. The van der Waals surface area contributed by atoms with E-state index in [0.717, 1.165) is 4.48 Å². The molecule has 0 amide bonds. The van der Waals surface area contributed by atoms with Crippen LogP contribution in [0.1, 0.15) is 90.0 Å². The van der Waals surface area contributed by atoms with Gasteiger partial charge in [-0.05, 0) is 13.3 Å². The van der Waals surface area contributed by atoms with Gasteiger partial charge in [0.05, 0.1) is 21.1 Å². The number of unbranched alkanes of at least 4 members (excludes halogenated alkanes) is 9. The Kier molecular flexibility index (Phi) is 9.66. The molecule has 1 nitrogen and oxygen atoms in total. The molecule has 0 aliphatic heterocycles. The lowest BCUT2D eigenvalue weighted by molar-refractivity contribution is -0.930. The van der Waals surface area contributed by atoms with E-state index in [-0.39, 0.29) is 5.54 Å². The zero-order valence-electron chi connectivity index (χ0n) is 17.1. The van der Waals surface area contributed by atoms with Gasteiger partial charge < -0.3 is 4.48 Å². The molecule has 0 N–H and O–H groups in total. The highest BCUT2D eigenvalue weighted by molar-refractivity contribution is 5.21. The van der Waals surface area contributed by atoms with Crippen molar-refractivity contribution in [3.8, 4) is 0 Å². The second kappa shape index (κ2) is 10.9. The van der Waals surface area contributed by atoms with Crippen LogP contribution in [0.5, 0.6) is 0 Å². The predicted octanol–water partition coefficient (Wildman–Crippen LogP) is 6.92. The minimum atomic E-state index is 0.210. The van der Waals surface area contributed by atoms with Gasteiger partial charge in [-0.3, -0.25) is 0 Å². The van der Waals surface area contributed by atoms with Gasteiger partial charge in [0, 0.05) is 12.0 Å². The van der Waals surface area contributed by atoms with E-state index in [2.05, 4.69) is 65.3 Å². The summed E-state index contributed by atoms with van der Waals surface area (Å²) >= 11 is 0. The van der Waals surface area contributed by atoms with Crippen molar-refractivity contribution < 1.29 is 4.48 Å². The molecule has 0 spiro atoms. The lowest BCUT2D eigenvalue weighted by Gasteiger charge is -2.44. The van der Waals surface area contributed by atoms with Gasteiger partial charge in [-0.25, -0.2) is 0 Å². The molecule has 0 aliphatic carbocycles. The van der Waals surface area contributed by atoms with Gasteiger partial charge >= 0.3 is 0 Å². The molecular formula is C23H42N+. The van der Waals surface area contributed by atoms with E-state index in [4.69, 9.17) is 0 Å². The highest BCUT2D eigenvalue weighted by Crippen LogP contribution is 2.36. The molecule has 0 saturated heterocycles. The molecular weight excluding hydrogens is 290 g/mol. The Balaban J connectivity index is 2.30. The van der Waals surface area contributed by atoms with E-state index in [1.807, 2.05) is 0 Å². The Labute approximate surface area is 152 Å². The number of nitrogens with zero attached hydrogens (tertiary/aromatic N) is 1. The lowest BCUT2D eigenvalue weighted by Crippen LogP contribution is -2.52. The summed E-state index contributed by atoms with van der Waals surface area (Å²) in [4.78, 5) is 0. The molecule has 0 aliphatic rings. The maximum Gasteiger partial charge on any atom is 0.121 e. The van der Waals surface area contributed by atoms with Crippen LogP contribution in [-0.4, -0.2) is 25.6 Å². The fourth-order valence-corrected chi connectivity index (χ4v) is 3.62. The van der Waals surface area contributed by atoms with Gasteiger partial charge in [0.2, 0.25) is 0 Å². The van der Waals surface area contributed by atoms with E-state index in [0.29, 0.717) is 0 Å². The van der Waals surface area contributed by atoms with Crippen molar-refractivity contribution in [2.45, 2.75) is 90.0 Å². The van der Waals surface area contributed by atoms with Crippen molar-refractivity contribution in [2.75, 3.05) is 21.1 Å². The average Bonchev–Trinajstić information content (AvgIpc) is 2.56. The normalized spacial score (nSPS) is 14.5. The van der Waals surface area contributed by atoms with Crippen LogP contribution in [0, 0.1) is 0 Å². The van der Waals surface area contributed by atoms with Crippen LogP contribution in [0.15, 0.2) is 30.3 Å². The standard InChI is InChI=1S/C23H42N/c1-6-7-8-9-10-11-12-13-14-18-21-23(2,24(3,4)5)22-19-16-15-17-20-22/h15-17,19-20H,6-14,18,21H2,1-5H3/q+1. The Morgan fingerprint density at radius 2 is 1.17 bits per heavy atom. The quantitative estimate of drug-likeness (QED) is 0.272. The van der Waals surface area contributed by atoms with E-state index >= 15 is 0 Å². The Bertz CT molecular complexity index is 417. The largest absolute Gasteiger partial charge is 0.323 e. The molecule has 0 heterocycles. The third-order valence-corrected chi connectivity index (χ3v) is 5.89. The Morgan fingerprint density at radius 1 is 0.708 bits per heavy atom. The number of rotatable bonds is 13. The van der Waals surface area contributed by atoms with Crippen molar-refractivity contribution in [3.05, 3.63) is 35.9 Å². The first-order valence-electron chi connectivity index (χ1n) is 10.3. The minimum absolute atomic E-state index is 0.210. The molecule has 0 saturated carbocycles. The SMILES string of the molecule is CCCCCCCCCCCCC(C)(c1ccccc1)[N+](C)(C)C. The first kappa shape index (κ1) is 21.2. The number of hydrogen-bond acceptors (Lipinski definition) is 0. The van der Waals surface area contributed by atoms with Gasteiger partial charge in [-0.1, -0.05) is 95.0 Å². The molecule has 1 heteroatoms. The van der Waals surface area contributed by atoms with Crippen molar-refractivity contribution >= 4 is 0 Å². The maximum atomic E-state index is 2.44. The summed E-state index contributed by atoms with van der Waals surface area (Å²) in [5.41, 5.74) is 1.69. The van der Waals surface area contributed by atoms with Gasteiger partial charge in [0.25, 0.3) is 0 Å². The van der Waals surface area contributed by atoms with Gasteiger partial charge in [-0.2, -0.15) is 0 Å². The summed E-state index contributed by atoms with van der Waals surface area (Å²) in [6.45, 7) is 4.73. The molecule has 1 atom stereocenters. The van der Waals surface area contributed by atoms with Crippen molar-refractivity contribution in [3.63, 3.8) is 0 Å². The zero-order valence-corrected chi connectivity index (χ0v) is 17.1. The predicted molar refractivity (Wildman–Crippen MR) is 108 cm³/mol. The van der Waals surface area contributed by atoms with Crippen molar-refractivity contribution in [1.29, 1.82) is 0 Å². The number of quaternary nitrogens is 1. The van der Waals surface area contributed by atoms with Crippen LogP contribution < -0.4 is 0 Å². The molecule has 1 unspecified atom stereocenters. The number of hydrogen-bond donors (Lipinski definition) is 0. The third kappa shape index (κ3) is 6.97. The highest BCUT2D eigenvalue weighted by atomic mass is 15.3. The monoisotopic (exact) mass is 332 g/mol. The summed E-state index contributed by atoms with van der Waals surface area (Å²) in [6.07, 6.45) is 15.4. The molecule has 0 fully saturated rings. The Hall–Kier alpha value is -0.820. The summed E-state index contributed by atoms with van der Waals surface area (Å²) in [7, 11) is 7.01. The highest BCUT2D eigenvalue weighted by Gasteiger charge is 2.38. The van der Waals surface area contributed by atoms with Gasteiger partial charge in [0.1, 0.15) is 5.54 Å². The average molecular weight is 333 g/mol. The van der Waals surface area contributed by atoms with Crippen LogP contribution in [0.3, 0.4) is 0 Å². The van der Waals surface area contributed by atoms with Crippen LogP contribution in [0.2, 0.25) is 0 Å². The molecule has 24 heavy (non-hydrogen) atoms. The topological polar surface area (TPSA) is 0 Å². The molecule has 0 aromatic heterocycles. The van der Waals surface area contributed by atoms with Crippen molar-refractivity contribution in [2.24, 2.45) is 0 Å².